The average molecular weight is 429 g/mol. The van der Waals surface area contributed by atoms with E-state index in [9.17, 15) is 4.79 Å². The number of piperazine rings is 1. The van der Waals surface area contributed by atoms with Crippen LogP contribution in [-0.4, -0.2) is 53.5 Å². The molecule has 3 heterocycles. The topological polar surface area (TPSA) is 74.2 Å². The minimum absolute atomic E-state index is 0.127. The lowest BCUT2D eigenvalue weighted by Gasteiger charge is -2.36. The summed E-state index contributed by atoms with van der Waals surface area (Å²) in [5.41, 5.74) is 2.73. The number of carbonyl (C=O) groups is 1. The Bertz CT molecular complexity index is 1080. The van der Waals surface area contributed by atoms with E-state index in [4.69, 9.17) is 9.97 Å². The molecule has 2 aromatic heterocycles. The van der Waals surface area contributed by atoms with Crippen LogP contribution in [0.5, 0.6) is 0 Å². The predicted molar refractivity (Wildman–Crippen MR) is 127 cm³/mol. The Balaban J connectivity index is 1.41. The molecule has 1 fully saturated rings. The molecule has 0 amide bonds. The van der Waals surface area contributed by atoms with Crippen molar-refractivity contribution in [3.63, 3.8) is 0 Å². The molecule has 1 saturated heterocycles. The minimum atomic E-state index is 0.127. The van der Waals surface area contributed by atoms with Gasteiger partial charge in [-0.25, -0.2) is 9.97 Å². The van der Waals surface area contributed by atoms with Crippen LogP contribution in [0.2, 0.25) is 0 Å². The smallest absolute Gasteiger partial charge is 0.227 e. The van der Waals surface area contributed by atoms with Gasteiger partial charge < -0.3 is 15.1 Å². The highest BCUT2D eigenvalue weighted by Crippen LogP contribution is 2.35. The van der Waals surface area contributed by atoms with E-state index in [-0.39, 0.29) is 11.7 Å². The molecule has 7 heteroatoms. The zero-order valence-electron chi connectivity index (χ0n) is 18.4. The maximum Gasteiger partial charge on any atom is 0.227 e. The predicted octanol–water partition coefficient (Wildman–Crippen LogP) is 3.54. The SMILES string of the molecule is CCNc1nc(N2CCN(c3ccccn3)CC2)nc2c1C(=O)CC(c1ccccc1)C2. The van der Waals surface area contributed by atoms with Crippen LogP contribution in [0.1, 0.15) is 40.9 Å². The summed E-state index contributed by atoms with van der Waals surface area (Å²) in [7, 11) is 0. The second-order valence-electron chi connectivity index (χ2n) is 8.33. The number of Topliss-reactive ketones (excluding diaryl/α,β-unsaturated/α-hetero) is 1. The zero-order chi connectivity index (χ0) is 21.9. The second-order valence-corrected chi connectivity index (χ2v) is 8.33. The number of hydrogen-bond acceptors (Lipinski definition) is 7. The van der Waals surface area contributed by atoms with Crippen molar-refractivity contribution in [1.29, 1.82) is 0 Å². The highest BCUT2D eigenvalue weighted by molar-refractivity contribution is 6.03. The number of nitrogens with one attached hydrogen (secondary N) is 1. The summed E-state index contributed by atoms with van der Waals surface area (Å²) in [6, 6.07) is 16.3. The Morgan fingerprint density at radius 3 is 2.41 bits per heavy atom. The van der Waals surface area contributed by atoms with Crippen molar-refractivity contribution in [2.75, 3.05) is 47.8 Å². The molecule has 5 rings (SSSR count). The quantitative estimate of drug-likeness (QED) is 0.666. The molecule has 164 valence electrons. The van der Waals surface area contributed by atoms with Gasteiger partial charge in [-0.3, -0.25) is 4.79 Å². The minimum Gasteiger partial charge on any atom is -0.370 e. The molecule has 1 aliphatic carbocycles. The lowest BCUT2D eigenvalue weighted by molar-refractivity contribution is 0.0963. The van der Waals surface area contributed by atoms with Gasteiger partial charge in [-0.1, -0.05) is 36.4 Å². The van der Waals surface area contributed by atoms with Crippen LogP contribution in [0.25, 0.3) is 0 Å². The van der Waals surface area contributed by atoms with Crippen LogP contribution >= 0.6 is 0 Å². The maximum atomic E-state index is 13.1. The molecular weight excluding hydrogens is 400 g/mol. The fourth-order valence-corrected chi connectivity index (χ4v) is 4.64. The van der Waals surface area contributed by atoms with E-state index in [1.54, 1.807) is 0 Å². The standard InChI is InChI=1S/C25H28N6O/c1-2-26-24-23-20(16-19(17-21(23)32)18-8-4-3-5-9-18)28-25(29-24)31-14-12-30(13-15-31)22-10-6-7-11-27-22/h3-11,19H,2,12-17H2,1H3,(H,26,28,29). The number of hydrogen-bond donors (Lipinski definition) is 1. The molecule has 0 spiro atoms. The van der Waals surface area contributed by atoms with Crippen molar-refractivity contribution in [2.45, 2.75) is 25.7 Å². The molecular formula is C25H28N6O. The number of benzene rings is 1. The van der Waals surface area contributed by atoms with Crippen LogP contribution in [0.3, 0.4) is 0 Å². The fraction of sp³-hybridized carbons (Fsp3) is 0.360. The molecule has 0 saturated carbocycles. The third-order valence-corrected chi connectivity index (χ3v) is 6.27. The van der Waals surface area contributed by atoms with Gasteiger partial charge in [-0.15, -0.1) is 0 Å². The molecule has 1 unspecified atom stereocenters. The zero-order valence-corrected chi connectivity index (χ0v) is 18.4. The molecule has 3 aromatic rings. The number of pyridine rings is 1. The summed E-state index contributed by atoms with van der Waals surface area (Å²) in [6.45, 7) is 6.10. The highest BCUT2D eigenvalue weighted by atomic mass is 16.1. The highest BCUT2D eigenvalue weighted by Gasteiger charge is 2.32. The van der Waals surface area contributed by atoms with Gasteiger partial charge in [-0.2, -0.15) is 4.98 Å². The van der Waals surface area contributed by atoms with Gasteiger partial charge in [0.05, 0.1) is 11.3 Å². The summed E-state index contributed by atoms with van der Waals surface area (Å²) in [4.78, 5) is 31.8. The summed E-state index contributed by atoms with van der Waals surface area (Å²) in [5.74, 6) is 2.68. The van der Waals surface area contributed by atoms with Crippen molar-refractivity contribution in [3.8, 4) is 0 Å². The summed E-state index contributed by atoms with van der Waals surface area (Å²) in [6.07, 6.45) is 3.09. The number of fused-ring (bicyclic) bond motifs is 1. The van der Waals surface area contributed by atoms with Gasteiger partial charge in [0.25, 0.3) is 0 Å². The Labute approximate surface area is 188 Å². The Kier molecular flexibility index (Phi) is 5.71. The maximum absolute atomic E-state index is 13.1. The molecule has 0 bridgehead atoms. The summed E-state index contributed by atoms with van der Waals surface area (Å²) < 4.78 is 0. The Morgan fingerprint density at radius 1 is 0.938 bits per heavy atom. The van der Waals surface area contributed by atoms with Crippen LogP contribution in [0.15, 0.2) is 54.7 Å². The van der Waals surface area contributed by atoms with E-state index in [2.05, 4.69) is 32.2 Å². The lowest BCUT2D eigenvalue weighted by atomic mass is 9.82. The number of anilines is 3. The van der Waals surface area contributed by atoms with Gasteiger partial charge >= 0.3 is 0 Å². The van der Waals surface area contributed by atoms with E-state index in [0.717, 1.165) is 44.1 Å². The van der Waals surface area contributed by atoms with Crippen molar-refractivity contribution < 1.29 is 4.79 Å². The van der Waals surface area contributed by atoms with Crippen LogP contribution in [0, 0.1) is 0 Å². The first kappa shape index (κ1) is 20.4. The molecule has 0 radical (unpaired) electrons. The lowest BCUT2D eigenvalue weighted by Crippen LogP contribution is -2.47. The van der Waals surface area contributed by atoms with E-state index in [1.807, 2.05) is 49.5 Å². The molecule has 1 atom stereocenters. The second kappa shape index (κ2) is 8.94. The molecule has 1 aliphatic heterocycles. The molecule has 2 aliphatic rings. The molecule has 1 N–H and O–H groups in total. The van der Waals surface area contributed by atoms with Crippen molar-refractivity contribution >= 4 is 23.4 Å². The number of nitrogens with zero attached hydrogens (tertiary/aromatic N) is 5. The first-order chi connectivity index (χ1) is 15.7. The van der Waals surface area contributed by atoms with Crippen LogP contribution < -0.4 is 15.1 Å². The van der Waals surface area contributed by atoms with Gasteiger partial charge in [0.1, 0.15) is 11.6 Å². The van der Waals surface area contributed by atoms with E-state index >= 15 is 0 Å². The Hall–Kier alpha value is -3.48. The van der Waals surface area contributed by atoms with Gasteiger partial charge in [0, 0.05) is 45.3 Å². The first-order valence-corrected chi connectivity index (χ1v) is 11.4. The molecule has 7 nitrogen and oxygen atoms in total. The fourth-order valence-electron chi connectivity index (χ4n) is 4.64. The molecule has 32 heavy (non-hydrogen) atoms. The number of rotatable bonds is 5. The van der Waals surface area contributed by atoms with Gasteiger partial charge in [0.2, 0.25) is 5.95 Å². The summed E-state index contributed by atoms with van der Waals surface area (Å²) in [5, 5.41) is 3.32. The third kappa shape index (κ3) is 4.02. The van der Waals surface area contributed by atoms with E-state index in [0.29, 0.717) is 30.3 Å². The van der Waals surface area contributed by atoms with E-state index in [1.165, 1.54) is 5.56 Å². The average Bonchev–Trinajstić information content (AvgIpc) is 2.85. The third-order valence-electron chi connectivity index (χ3n) is 6.27. The van der Waals surface area contributed by atoms with Gasteiger partial charge in [0.15, 0.2) is 5.78 Å². The van der Waals surface area contributed by atoms with Crippen molar-refractivity contribution in [1.82, 2.24) is 15.0 Å². The largest absolute Gasteiger partial charge is 0.370 e. The Morgan fingerprint density at radius 2 is 1.69 bits per heavy atom. The van der Waals surface area contributed by atoms with Crippen molar-refractivity contribution in [3.05, 3.63) is 71.5 Å². The number of ketones is 1. The van der Waals surface area contributed by atoms with E-state index < -0.39 is 0 Å². The first-order valence-electron chi connectivity index (χ1n) is 11.4. The van der Waals surface area contributed by atoms with Crippen molar-refractivity contribution in [2.24, 2.45) is 0 Å². The number of carbonyl (C=O) groups excluding carboxylic acids is 1. The normalized spacial score (nSPS) is 18.4. The molecule has 1 aromatic carbocycles. The van der Waals surface area contributed by atoms with Crippen LogP contribution in [0.4, 0.5) is 17.6 Å². The van der Waals surface area contributed by atoms with Gasteiger partial charge in [-0.05, 0) is 37.0 Å². The van der Waals surface area contributed by atoms with Crippen LogP contribution in [-0.2, 0) is 6.42 Å². The monoisotopic (exact) mass is 428 g/mol. The summed E-state index contributed by atoms with van der Waals surface area (Å²) >= 11 is 0. The number of aromatic nitrogens is 3.